The van der Waals surface area contributed by atoms with E-state index < -0.39 is 26.5 Å². The summed E-state index contributed by atoms with van der Waals surface area (Å²) in [4.78, 5) is 36.0. The average Bonchev–Trinajstić information content (AvgIpc) is 2.14. The van der Waals surface area contributed by atoms with Crippen LogP contribution in [0.3, 0.4) is 0 Å². The van der Waals surface area contributed by atoms with Crippen LogP contribution in [0.15, 0.2) is 97.2 Å². The summed E-state index contributed by atoms with van der Waals surface area (Å²) in [5.41, 5.74) is 0. The van der Waals surface area contributed by atoms with Crippen LogP contribution in [0.4, 0.5) is 0 Å². The quantitative estimate of drug-likeness (QED) is 0.0211. The van der Waals surface area contributed by atoms with Crippen molar-refractivity contribution in [1.29, 1.82) is 0 Å². The number of unbranched alkanes of at least 4 members (excludes halogenated alkanes) is 42. The highest BCUT2D eigenvalue weighted by Gasteiger charge is 2.27. The summed E-state index contributed by atoms with van der Waals surface area (Å²) in [5, 5.41) is 0. The molecule has 10 heteroatoms. The van der Waals surface area contributed by atoms with Crippen LogP contribution in [0.25, 0.3) is 0 Å². The van der Waals surface area contributed by atoms with E-state index in [1.54, 1.807) is 0 Å². The molecule has 0 aliphatic heterocycles. The largest absolute Gasteiger partial charge is 0.472 e. The third kappa shape index (κ3) is 76.0. The van der Waals surface area contributed by atoms with Crippen molar-refractivity contribution in [3.8, 4) is 0 Å². The van der Waals surface area contributed by atoms with Gasteiger partial charge in [0.25, 0.3) is 0 Å². The van der Waals surface area contributed by atoms with Gasteiger partial charge in [-0.3, -0.25) is 18.6 Å². The van der Waals surface area contributed by atoms with Crippen LogP contribution in [0.2, 0.25) is 0 Å². The van der Waals surface area contributed by atoms with E-state index in [9.17, 15) is 19.0 Å². The molecule has 0 heterocycles. The van der Waals surface area contributed by atoms with Crippen LogP contribution < -0.4 is 0 Å². The van der Waals surface area contributed by atoms with Crippen molar-refractivity contribution in [1.82, 2.24) is 0 Å². The molecule has 0 aliphatic carbocycles. The number of nitrogens with zero attached hydrogens (tertiary/aromatic N) is 1. The molecular formula is C82H149NO8P+. The maximum absolute atomic E-state index is 12.9. The highest BCUT2D eigenvalue weighted by Crippen LogP contribution is 2.43. The van der Waals surface area contributed by atoms with Gasteiger partial charge in [0.05, 0.1) is 27.7 Å². The average molecular weight is 1310 g/mol. The van der Waals surface area contributed by atoms with Crippen LogP contribution in [-0.2, 0) is 32.7 Å². The van der Waals surface area contributed by atoms with Crippen molar-refractivity contribution >= 4 is 19.8 Å². The van der Waals surface area contributed by atoms with E-state index in [2.05, 4.69) is 111 Å². The lowest BCUT2D eigenvalue weighted by Gasteiger charge is -2.24. The molecule has 9 nitrogen and oxygen atoms in total. The fourth-order valence-corrected chi connectivity index (χ4v) is 11.9. The monoisotopic (exact) mass is 1310 g/mol. The van der Waals surface area contributed by atoms with Gasteiger partial charge in [-0.05, 0) is 96.3 Å². The first kappa shape index (κ1) is 88.9. The Kier molecular flexibility index (Phi) is 69.8. The van der Waals surface area contributed by atoms with Crippen LogP contribution in [0, 0.1) is 0 Å². The number of phosphoric ester groups is 1. The van der Waals surface area contributed by atoms with Crippen LogP contribution in [0.5, 0.6) is 0 Å². The Bertz CT molecular complexity index is 1880. The molecule has 92 heavy (non-hydrogen) atoms. The Labute approximate surface area is 570 Å². The first-order valence-electron chi connectivity index (χ1n) is 39.0. The fourth-order valence-electron chi connectivity index (χ4n) is 11.2. The third-order valence-electron chi connectivity index (χ3n) is 17.1. The van der Waals surface area contributed by atoms with Gasteiger partial charge in [-0.25, -0.2) is 4.57 Å². The van der Waals surface area contributed by atoms with Crippen molar-refractivity contribution in [3.63, 3.8) is 0 Å². The summed E-state index contributed by atoms with van der Waals surface area (Å²) in [6.07, 6.45) is 101. The summed E-state index contributed by atoms with van der Waals surface area (Å²) < 4.78 is 34.8. The number of likely N-dealkylation sites (N-methyl/N-ethyl adjacent to an activating group) is 1. The Hall–Kier alpha value is -3.07. The van der Waals surface area contributed by atoms with Crippen molar-refractivity contribution in [2.24, 2.45) is 0 Å². The molecule has 0 aliphatic rings. The molecule has 2 atom stereocenters. The van der Waals surface area contributed by atoms with Gasteiger partial charge in [-0.2, -0.15) is 0 Å². The number of hydrogen-bond acceptors (Lipinski definition) is 7. The van der Waals surface area contributed by atoms with Crippen molar-refractivity contribution in [2.75, 3.05) is 47.5 Å². The zero-order chi connectivity index (χ0) is 66.9. The number of quaternary nitrogens is 1. The molecule has 0 amide bonds. The van der Waals surface area contributed by atoms with Gasteiger partial charge >= 0.3 is 19.8 Å². The summed E-state index contributed by atoms with van der Waals surface area (Å²) in [5.74, 6) is -0.784. The number of carbonyl (C=O) groups is 2. The van der Waals surface area contributed by atoms with Crippen LogP contribution in [0.1, 0.15) is 361 Å². The number of rotatable bonds is 72. The van der Waals surface area contributed by atoms with E-state index in [-0.39, 0.29) is 25.6 Å². The topological polar surface area (TPSA) is 108 Å². The first-order chi connectivity index (χ1) is 45.0. The molecule has 0 rings (SSSR count). The second kappa shape index (κ2) is 72.2. The number of ether oxygens (including phenoxy) is 2. The summed E-state index contributed by atoms with van der Waals surface area (Å²) in [7, 11) is 1.49. The lowest BCUT2D eigenvalue weighted by Crippen LogP contribution is -2.37. The normalized spacial score (nSPS) is 13.6. The Balaban J connectivity index is 3.95. The molecule has 0 saturated carbocycles. The molecule has 0 bridgehead atoms. The highest BCUT2D eigenvalue weighted by molar-refractivity contribution is 7.47. The minimum atomic E-state index is -4.40. The first-order valence-corrected chi connectivity index (χ1v) is 40.5. The maximum atomic E-state index is 12.9. The molecular weight excluding hydrogens is 1160 g/mol. The van der Waals surface area contributed by atoms with E-state index in [4.69, 9.17) is 18.5 Å². The van der Waals surface area contributed by atoms with E-state index in [1.165, 1.54) is 250 Å². The number of phosphoric acid groups is 1. The number of carbonyl (C=O) groups excluding carboxylic acids is 2. The van der Waals surface area contributed by atoms with Crippen molar-refractivity contribution < 1.29 is 42.1 Å². The second-order valence-electron chi connectivity index (χ2n) is 27.4. The number of hydrogen-bond donors (Lipinski definition) is 1. The molecule has 1 N–H and O–H groups in total. The lowest BCUT2D eigenvalue weighted by molar-refractivity contribution is -0.870. The molecule has 534 valence electrons. The smallest absolute Gasteiger partial charge is 0.462 e. The minimum Gasteiger partial charge on any atom is -0.462 e. The Morgan fingerprint density at radius 1 is 0.348 bits per heavy atom. The fraction of sp³-hybridized carbons (Fsp3) is 0.780. The maximum Gasteiger partial charge on any atom is 0.472 e. The molecule has 0 aromatic rings. The summed E-state index contributed by atoms with van der Waals surface area (Å²) in [6, 6.07) is 0. The molecule has 2 unspecified atom stereocenters. The zero-order valence-electron chi connectivity index (χ0n) is 61.0. The molecule has 0 radical (unpaired) electrons. The highest BCUT2D eigenvalue weighted by atomic mass is 31.2. The van der Waals surface area contributed by atoms with Gasteiger partial charge in [0.15, 0.2) is 6.10 Å². The standard InChI is InChI=1S/C82H148NO8P/c1-6-8-10-12-14-16-18-20-22-24-26-28-30-32-34-36-38-39-40-41-42-43-45-46-48-50-52-54-56-58-60-62-64-66-68-70-72-74-81(84)88-78-80(79-90-92(86,87)89-77-76-83(3,4)5)91-82(85)75-73-71-69-67-65-63-61-59-57-55-53-51-49-47-44-37-35-33-31-29-27-25-23-21-19-17-15-13-11-9-7-2/h9,11,15,17-18,20-21,23-24,26-27,29-30,32-33,35,80H,6-8,10,12-14,16,19,22,25,28,31,34,36-79H2,1-5H3/p+1/b11-9-,17-15-,20-18-,23-21-,26-24-,29-27-,32-30-,35-33-. The van der Waals surface area contributed by atoms with Gasteiger partial charge in [0.1, 0.15) is 19.8 Å². The number of allylic oxidation sites excluding steroid dienone is 16. The van der Waals surface area contributed by atoms with Gasteiger partial charge in [-0.15, -0.1) is 0 Å². The minimum absolute atomic E-state index is 0.0307. The molecule has 0 saturated heterocycles. The zero-order valence-corrected chi connectivity index (χ0v) is 61.9. The van der Waals surface area contributed by atoms with Gasteiger partial charge < -0.3 is 18.9 Å². The van der Waals surface area contributed by atoms with Crippen LogP contribution in [-0.4, -0.2) is 74.9 Å². The predicted molar refractivity (Wildman–Crippen MR) is 399 cm³/mol. The van der Waals surface area contributed by atoms with E-state index in [0.29, 0.717) is 23.9 Å². The number of esters is 2. The van der Waals surface area contributed by atoms with Crippen LogP contribution >= 0.6 is 7.82 Å². The van der Waals surface area contributed by atoms with E-state index >= 15 is 0 Å². The molecule has 0 spiro atoms. The van der Waals surface area contributed by atoms with Gasteiger partial charge in [0, 0.05) is 12.8 Å². The third-order valence-corrected chi connectivity index (χ3v) is 18.1. The SMILES string of the molecule is CC/C=C\C/C=C\C/C=C\C/C=C\C/C=C\CCCCCCCCCCCCCCCCCC(=O)OC(COC(=O)CCCCCCCCCCCCCCCCCCCCCCCC/C=C\C/C=C\C/C=C\CCCCCCC)COP(=O)(O)OCC[N+](C)(C)C. The molecule has 0 aromatic carbocycles. The second-order valence-corrected chi connectivity index (χ2v) is 28.8. The Morgan fingerprint density at radius 3 is 0.924 bits per heavy atom. The Morgan fingerprint density at radius 2 is 0.620 bits per heavy atom. The molecule has 0 aromatic heterocycles. The lowest BCUT2D eigenvalue weighted by atomic mass is 10.0. The summed E-state index contributed by atoms with van der Waals surface area (Å²) in [6.45, 7) is 4.35. The van der Waals surface area contributed by atoms with E-state index in [1.807, 2.05) is 21.1 Å². The van der Waals surface area contributed by atoms with Crippen molar-refractivity contribution in [2.45, 2.75) is 367 Å². The molecule has 0 fully saturated rings. The van der Waals surface area contributed by atoms with Gasteiger partial charge in [-0.1, -0.05) is 349 Å². The van der Waals surface area contributed by atoms with E-state index in [0.717, 1.165) is 77.0 Å². The van der Waals surface area contributed by atoms with Gasteiger partial charge in [0.2, 0.25) is 0 Å². The van der Waals surface area contributed by atoms with Crippen molar-refractivity contribution in [3.05, 3.63) is 97.2 Å². The summed E-state index contributed by atoms with van der Waals surface area (Å²) >= 11 is 0. The predicted octanol–water partition coefficient (Wildman–Crippen LogP) is 25.8.